The minimum absolute atomic E-state index is 0.0492. The van der Waals surface area contributed by atoms with E-state index in [2.05, 4.69) is 10.6 Å². The molecular formula is C23H22ClN3O4. The van der Waals surface area contributed by atoms with Gasteiger partial charge in [-0.25, -0.2) is 9.59 Å². The first-order valence-corrected chi connectivity index (χ1v) is 10.2. The molecule has 2 heterocycles. The molecule has 2 aromatic carbocycles. The van der Waals surface area contributed by atoms with Gasteiger partial charge in [0.2, 0.25) is 5.91 Å². The summed E-state index contributed by atoms with van der Waals surface area (Å²) in [5.41, 5.74) is 4.98. The predicted octanol–water partition coefficient (Wildman–Crippen LogP) is 3.78. The molecule has 31 heavy (non-hydrogen) atoms. The number of ether oxygens (including phenoxy) is 1. The Morgan fingerprint density at radius 3 is 2.68 bits per heavy atom. The summed E-state index contributed by atoms with van der Waals surface area (Å²) < 4.78 is 5.24. The van der Waals surface area contributed by atoms with E-state index in [1.54, 1.807) is 18.2 Å². The van der Waals surface area contributed by atoms with Crippen molar-refractivity contribution in [3.63, 3.8) is 0 Å². The molecule has 0 fully saturated rings. The number of anilines is 1. The molecule has 1 atom stereocenters. The lowest BCUT2D eigenvalue weighted by Crippen LogP contribution is -2.49. The third kappa shape index (κ3) is 4.01. The van der Waals surface area contributed by atoms with Gasteiger partial charge in [-0.15, -0.1) is 0 Å². The molecular weight excluding hydrogens is 418 g/mol. The number of rotatable bonds is 4. The first-order valence-electron chi connectivity index (χ1n) is 9.86. The van der Waals surface area contributed by atoms with Gasteiger partial charge in [0.25, 0.3) is 0 Å². The number of carbonyl (C=O) groups excluding carboxylic acids is 3. The zero-order chi connectivity index (χ0) is 22.3. The Bertz CT molecular complexity index is 1140. The molecule has 2 aliphatic heterocycles. The van der Waals surface area contributed by atoms with Crippen molar-refractivity contribution in [1.82, 2.24) is 10.2 Å². The second-order valence-electron chi connectivity index (χ2n) is 7.77. The molecule has 0 radical (unpaired) electrons. The topological polar surface area (TPSA) is 87.7 Å². The fourth-order valence-electron chi connectivity index (χ4n) is 3.84. The van der Waals surface area contributed by atoms with Crippen LogP contribution in [-0.2, 0) is 14.3 Å². The van der Waals surface area contributed by atoms with Crippen LogP contribution < -0.4 is 10.6 Å². The number of carbonyl (C=O) groups is 3. The van der Waals surface area contributed by atoms with Crippen LogP contribution in [0.3, 0.4) is 0 Å². The highest BCUT2D eigenvalue weighted by Gasteiger charge is 2.43. The normalized spacial score (nSPS) is 17.9. The van der Waals surface area contributed by atoms with E-state index in [0.29, 0.717) is 22.0 Å². The summed E-state index contributed by atoms with van der Waals surface area (Å²) in [6.45, 7) is 5.41. The third-order valence-electron chi connectivity index (χ3n) is 5.52. The van der Waals surface area contributed by atoms with Gasteiger partial charge in [0.1, 0.15) is 13.2 Å². The molecule has 0 bridgehead atoms. The van der Waals surface area contributed by atoms with Gasteiger partial charge in [0, 0.05) is 10.7 Å². The summed E-state index contributed by atoms with van der Waals surface area (Å²) in [4.78, 5) is 39.4. The van der Waals surface area contributed by atoms with E-state index in [9.17, 15) is 14.4 Å². The minimum Gasteiger partial charge on any atom is -0.456 e. The zero-order valence-electron chi connectivity index (χ0n) is 17.4. The van der Waals surface area contributed by atoms with Crippen molar-refractivity contribution in [2.45, 2.75) is 26.8 Å². The molecule has 3 amide bonds. The number of hydrogen-bond donors (Lipinski definition) is 2. The van der Waals surface area contributed by atoms with Crippen LogP contribution in [-0.4, -0.2) is 36.0 Å². The van der Waals surface area contributed by atoms with Crippen LogP contribution in [0, 0.1) is 20.8 Å². The molecule has 0 saturated carbocycles. The summed E-state index contributed by atoms with van der Waals surface area (Å²) in [6.07, 6.45) is 0. The van der Waals surface area contributed by atoms with E-state index in [1.807, 2.05) is 39.0 Å². The molecule has 2 N–H and O–H groups in total. The van der Waals surface area contributed by atoms with E-state index in [1.165, 1.54) is 4.90 Å². The maximum Gasteiger partial charge on any atom is 0.338 e. The number of amides is 3. The molecule has 160 valence electrons. The largest absolute Gasteiger partial charge is 0.456 e. The number of esters is 1. The second kappa shape index (κ2) is 8.07. The average molecular weight is 440 g/mol. The molecule has 0 aliphatic carbocycles. The summed E-state index contributed by atoms with van der Waals surface area (Å²) in [5, 5.41) is 6.14. The lowest BCUT2D eigenvalue weighted by Gasteiger charge is -2.33. The van der Waals surface area contributed by atoms with Crippen LogP contribution in [0.2, 0.25) is 5.02 Å². The quantitative estimate of drug-likeness (QED) is 0.709. The number of nitrogens with one attached hydrogen (secondary N) is 2. The number of aryl methyl sites for hydroxylation is 3. The Labute approximate surface area is 185 Å². The van der Waals surface area contributed by atoms with Gasteiger partial charge in [0.15, 0.2) is 0 Å². The highest BCUT2D eigenvalue weighted by atomic mass is 35.5. The Kier molecular flexibility index (Phi) is 5.45. The van der Waals surface area contributed by atoms with Crippen molar-refractivity contribution in [2.75, 3.05) is 18.5 Å². The maximum atomic E-state index is 12.9. The van der Waals surface area contributed by atoms with Crippen molar-refractivity contribution in [2.24, 2.45) is 0 Å². The fraction of sp³-hybridized carbons (Fsp3) is 0.261. The van der Waals surface area contributed by atoms with Crippen LogP contribution >= 0.6 is 11.6 Å². The van der Waals surface area contributed by atoms with E-state index in [4.69, 9.17) is 16.3 Å². The minimum atomic E-state index is -0.619. The number of cyclic esters (lactones) is 1. The molecule has 2 aliphatic rings. The number of nitrogens with zero attached hydrogens (tertiary/aromatic N) is 1. The van der Waals surface area contributed by atoms with Gasteiger partial charge in [-0.1, -0.05) is 41.4 Å². The standard InChI is InChI=1S/C23H22ClN3O4/c1-12-4-5-13(2)16(8-12)21-20-18(11-31-22(20)29)27(23(30)26-21)10-19(28)25-17-9-15(24)7-6-14(17)3/h4-9,21H,10-11H2,1-3H3,(H,25,28)(H,26,30). The monoisotopic (exact) mass is 439 g/mol. The zero-order valence-corrected chi connectivity index (χ0v) is 18.2. The summed E-state index contributed by atoms with van der Waals surface area (Å²) in [7, 11) is 0. The van der Waals surface area contributed by atoms with E-state index < -0.39 is 23.9 Å². The van der Waals surface area contributed by atoms with Crippen LogP contribution in [0.1, 0.15) is 28.3 Å². The van der Waals surface area contributed by atoms with Gasteiger partial charge in [-0.05, 0) is 49.6 Å². The fourth-order valence-corrected chi connectivity index (χ4v) is 4.02. The lowest BCUT2D eigenvalue weighted by molar-refractivity contribution is -0.136. The molecule has 0 aromatic heterocycles. The Hall–Kier alpha value is -3.32. The molecule has 8 heteroatoms. The molecule has 7 nitrogen and oxygen atoms in total. The molecule has 4 rings (SSSR count). The van der Waals surface area contributed by atoms with Crippen molar-refractivity contribution >= 4 is 35.2 Å². The summed E-state index contributed by atoms with van der Waals surface area (Å²) >= 11 is 6.02. The van der Waals surface area contributed by atoms with Gasteiger partial charge in [0.05, 0.1) is 17.3 Å². The van der Waals surface area contributed by atoms with Crippen LogP contribution in [0.15, 0.2) is 47.7 Å². The van der Waals surface area contributed by atoms with Crippen LogP contribution in [0.5, 0.6) is 0 Å². The van der Waals surface area contributed by atoms with Gasteiger partial charge >= 0.3 is 12.0 Å². The molecule has 1 unspecified atom stereocenters. The van der Waals surface area contributed by atoms with Crippen molar-refractivity contribution in [1.29, 1.82) is 0 Å². The first-order chi connectivity index (χ1) is 14.7. The predicted molar refractivity (Wildman–Crippen MR) is 117 cm³/mol. The van der Waals surface area contributed by atoms with Crippen LogP contribution in [0.4, 0.5) is 10.5 Å². The van der Waals surface area contributed by atoms with Gasteiger partial charge in [-0.2, -0.15) is 0 Å². The molecule has 0 spiro atoms. The smallest absolute Gasteiger partial charge is 0.338 e. The first kappa shape index (κ1) is 20.9. The van der Waals surface area contributed by atoms with Crippen molar-refractivity contribution < 1.29 is 19.1 Å². The molecule has 0 saturated heterocycles. The highest BCUT2D eigenvalue weighted by molar-refractivity contribution is 6.31. The average Bonchev–Trinajstić information content (AvgIpc) is 3.10. The lowest BCUT2D eigenvalue weighted by atomic mass is 9.91. The van der Waals surface area contributed by atoms with Crippen LogP contribution in [0.25, 0.3) is 0 Å². The summed E-state index contributed by atoms with van der Waals surface area (Å²) in [6, 6.07) is 9.97. The summed E-state index contributed by atoms with van der Waals surface area (Å²) in [5.74, 6) is -0.895. The van der Waals surface area contributed by atoms with Crippen molar-refractivity contribution in [3.05, 3.63) is 74.9 Å². The van der Waals surface area contributed by atoms with Crippen molar-refractivity contribution in [3.8, 4) is 0 Å². The Balaban J connectivity index is 1.63. The number of benzene rings is 2. The Morgan fingerprint density at radius 2 is 1.90 bits per heavy atom. The maximum absolute atomic E-state index is 12.9. The third-order valence-corrected chi connectivity index (χ3v) is 5.75. The van der Waals surface area contributed by atoms with Gasteiger partial charge < -0.3 is 15.4 Å². The van der Waals surface area contributed by atoms with Gasteiger partial charge in [-0.3, -0.25) is 9.69 Å². The number of halogens is 1. The Morgan fingerprint density at radius 1 is 1.16 bits per heavy atom. The van der Waals surface area contributed by atoms with E-state index >= 15 is 0 Å². The number of urea groups is 1. The highest BCUT2D eigenvalue weighted by Crippen LogP contribution is 2.36. The SMILES string of the molecule is Cc1ccc(C)c(C2NC(=O)N(CC(=O)Nc3cc(Cl)ccc3C)C3=C2C(=O)OC3)c1. The second-order valence-corrected chi connectivity index (χ2v) is 8.21. The number of hydrogen-bond acceptors (Lipinski definition) is 4. The molecule has 2 aromatic rings. The van der Waals surface area contributed by atoms with E-state index in [0.717, 1.165) is 22.3 Å². The van der Waals surface area contributed by atoms with E-state index in [-0.39, 0.29) is 13.2 Å².